The van der Waals surface area contributed by atoms with E-state index >= 15 is 0 Å². The van der Waals surface area contributed by atoms with Crippen molar-refractivity contribution in [3.63, 3.8) is 0 Å². The summed E-state index contributed by atoms with van der Waals surface area (Å²) in [5, 5.41) is 5.06. The molecule has 0 aliphatic carbocycles. The van der Waals surface area contributed by atoms with Crippen molar-refractivity contribution >= 4 is 22.6 Å². The van der Waals surface area contributed by atoms with Crippen LogP contribution in [0.5, 0.6) is 0 Å². The van der Waals surface area contributed by atoms with E-state index in [9.17, 15) is 4.79 Å². The summed E-state index contributed by atoms with van der Waals surface area (Å²) >= 11 is 6.29. The number of fused-ring (bicyclic) bond motifs is 1. The third-order valence-electron chi connectivity index (χ3n) is 5.47. The Hall–Kier alpha value is -2.08. The van der Waals surface area contributed by atoms with Crippen LogP contribution in [0.2, 0.25) is 5.02 Å². The van der Waals surface area contributed by atoms with Gasteiger partial charge in [0.2, 0.25) is 0 Å². The molecule has 0 radical (unpaired) electrons. The maximum absolute atomic E-state index is 12.0. The largest absolute Gasteiger partial charge is 0.468 e. The number of hydrogen-bond donors (Lipinski definition) is 1. The Balaban J connectivity index is 1.53. The van der Waals surface area contributed by atoms with Gasteiger partial charge in [-0.2, -0.15) is 0 Å². The molecule has 28 heavy (non-hydrogen) atoms. The zero-order chi connectivity index (χ0) is 19.5. The van der Waals surface area contributed by atoms with Gasteiger partial charge in [0.25, 0.3) is 0 Å². The van der Waals surface area contributed by atoms with Crippen molar-refractivity contribution in [2.45, 2.75) is 38.8 Å². The second-order valence-electron chi connectivity index (χ2n) is 7.45. The van der Waals surface area contributed by atoms with Crippen LogP contribution in [0.15, 0.2) is 50.2 Å². The molecule has 1 fully saturated rings. The van der Waals surface area contributed by atoms with Crippen molar-refractivity contribution in [1.29, 1.82) is 0 Å². The molecular weight excluding hydrogens is 376 g/mol. The molecule has 5 nitrogen and oxygen atoms in total. The van der Waals surface area contributed by atoms with E-state index in [1.165, 1.54) is 19.3 Å². The summed E-state index contributed by atoms with van der Waals surface area (Å²) < 4.78 is 11.1. The van der Waals surface area contributed by atoms with E-state index in [0.717, 1.165) is 41.9 Å². The average molecular weight is 401 g/mol. The summed E-state index contributed by atoms with van der Waals surface area (Å²) in [6, 6.07) is 9.40. The number of rotatable bonds is 6. The molecule has 0 saturated carbocycles. The molecule has 148 valence electrons. The molecule has 3 heterocycles. The van der Waals surface area contributed by atoms with Crippen molar-refractivity contribution in [1.82, 2.24) is 10.2 Å². The van der Waals surface area contributed by atoms with Gasteiger partial charge in [-0.05, 0) is 68.2 Å². The van der Waals surface area contributed by atoms with Gasteiger partial charge in [-0.15, -0.1) is 0 Å². The molecule has 0 amide bonds. The maximum Gasteiger partial charge on any atom is 0.336 e. The van der Waals surface area contributed by atoms with Crippen LogP contribution in [0.3, 0.4) is 0 Å². The number of hydrogen-bond acceptors (Lipinski definition) is 5. The first-order valence-corrected chi connectivity index (χ1v) is 10.2. The molecule has 6 heteroatoms. The van der Waals surface area contributed by atoms with Crippen LogP contribution in [0.1, 0.15) is 42.2 Å². The first kappa shape index (κ1) is 19.2. The van der Waals surface area contributed by atoms with Crippen molar-refractivity contribution in [3.05, 3.63) is 68.9 Å². The molecule has 1 aliphatic heterocycles. The Bertz CT molecular complexity index is 991. The predicted octanol–water partition coefficient (Wildman–Crippen LogP) is 4.66. The first-order chi connectivity index (χ1) is 13.6. The molecule has 1 atom stereocenters. The van der Waals surface area contributed by atoms with Gasteiger partial charge >= 0.3 is 5.63 Å². The number of aryl methyl sites for hydroxylation is 1. The Labute approximate surface area is 169 Å². The highest BCUT2D eigenvalue weighted by Gasteiger charge is 2.24. The third-order valence-corrected chi connectivity index (χ3v) is 5.87. The van der Waals surface area contributed by atoms with Crippen LogP contribution < -0.4 is 10.9 Å². The summed E-state index contributed by atoms with van der Waals surface area (Å²) in [4.78, 5) is 14.5. The van der Waals surface area contributed by atoms with Crippen LogP contribution in [0.25, 0.3) is 11.0 Å². The van der Waals surface area contributed by atoms with E-state index in [4.69, 9.17) is 20.4 Å². The van der Waals surface area contributed by atoms with E-state index in [1.807, 2.05) is 31.2 Å². The molecule has 4 rings (SSSR count). The zero-order valence-electron chi connectivity index (χ0n) is 16.0. The Morgan fingerprint density at radius 1 is 1.21 bits per heavy atom. The lowest BCUT2D eigenvalue weighted by Crippen LogP contribution is -2.38. The van der Waals surface area contributed by atoms with Crippen molar-refractivity contribution in [2.24, 2.45) is 0 Å². The van der Waals surface area contributed by atoms with Crippen molar-refractivity contribution in [3.8, 4) is 0 Å². The van der Waals surface area contributed by atoms with Gasteiger partial charge in [0.15, 0.2) is 0 Å². The average Bonchev–Trinajstić information content (AvgIpc) is 3.21. The SMILES string of the molecule is Cc1cc2oc(=O)cc(CNC[C@@H](c3ccco3)N3CCCCC3)c2cc1Cl. The molecule has 1 N–H and O–H groups in total. The number of piperidine rings is 1. The lowest BCUT2D eigenvalue weighted by molar-refractivity contribution is 0.142. The minimum Gasteiger partial charge on any atom is -0.468 e. The van der Waals surface area contributed by atoms with E-state index in [-0.39, 0.29) is 11.7 Å². The number of furan rings is 1. The number of nitrogens with zero attached hydrogens (tertiary/aromatic N) is 1. The van der Waals surface area contributed by atoms with Crippen molar-refractivity contribution < 1.29 is 8.83 Å². The normalized spacial score (nSPS) is 16.5. The van der Waals surface area contributed by atoms with Crippen LogP contribution >= 0.6 is 11.6 Å². The molecule has 0 bridgehead atoms. The lowest BCUT2D eigenvalue weighted by Gasteiger charge is -2.33. The van der Waals surface area contributed by atoms with E-state index < -0.39 is 0 Å². The van der Waals surface area contributed by atoms with Crippen LogP contribution in [0.4, 0.5) is 0 Å². The predicted molar refractivity (Wildman–Crippen MR) is 111 cm³/mol. The van der Waals surface area contributed by atoms with Gasteiger partial charge in [-0.3, -0.25) is 4.90 Å². The fraction of sp³-hybridized carbons (Fsp3) is 0.409. The molecule has 3 aromatic rings. The van der Waals surface area contributed by atoms with Crippen LogP contribution in [-0.4, -0.2) is 24.5 Å². The summed E-state index contributed by atoms with van der Waals surface area (Å²) in [5.41, 5.74) is 2.02. The minimum atomic E-state index is -0.343. The number of benzene rings is 1. The summed E-state index contributed by atoms with van der Waals surface area (Å²) in [5.74, 6) is 0.977. The Kier molecular flexibility index (Phi) is 5.85. The molecule has 2 aromatic heterocycles. The molecule has 1 saturated heterocycles. The topological polar surface area (TPSA) is 58.6 Å². The number of halogens is 1. The second kappa shape index (κ2) is 8.52. The van der Waals surface area contributed by atoms with Gasteiger partial charge in [0, 0.05) is 29.6 Å². The molecule has 0 spiro atoms. The van der Waals surface area contributed by atoms with Crippen LogP contribution in [0, 0.1) is 6.92 Å². The first-order valence-electron chi connectivity index (χ1n) is 9.83. The van der Waals surface area contributed by atoms with E-state index in [0.29, 0.717) is 17.2 Å². The molecule has 1 aromatic carbocycles. The van der Waals surface area contributed by atoms with Crippen LogP contribution in [-0.2, 0) is 6.54 Å². The maximum atomic E-state index is 12.0. The summed E-state index contributed by atoms with van der Waals surface area (Å²) in [6.45, 7) is 5.38. The Morgan fingerprint density at radius 3 is 2.79 bits per heavy atom. The highest BCUT2D eigenvalue weighted by molar-refractivity contribution is 6.32. The fourth-order valence-corrected chi connectivity index (χ4v) is 4.12. The molecule has 1 aliphatic rings. The smallest absolute Gasteiger partial charge is 0.336 e. The lowest BCUT2D eigenvalue weighted by atomic mass is 10.1. The van der Waals surface area contributed by atoms with Gasteiger partial charge in [-0.25, -0.2) is 4.79 Å². The second-order valence-corrected chi connectivity index (χ2v) is 7.85. The fourth-order valence-electron chi connectivity index (χ4n) is 3.96. The molecular formula is C22H25ClN2O3. The zero-order valence-corrected chi connectivity index (χ0v) is 16.8. The van der Waals surface area contributed by atoms with E-state index in [2.05, 4.69) is 10.2 Å². The Morgan fingerprint density at radius 2 is 2.04 bits per heavy atom. The monoisotopic (exact) mass is 400 g/mol. The quantitative estimate of drug-likeness (QED) is 0.609. The van der Waals surface area contributed by atoms with E-state index in [1.54, 1.807) is 12.3 Å². The van der Waals surface area contributed by atoms with Gasteiger partial charge in [0.05, 0.1) is 12.3 Å². The molecule has 0 unspecified atom stereocenters. The standard InChI is InChI=1S/C22H25ClN2O3/c1-15-10-21-17(12-18(15)23)16(11-22(26)28-21)13-24-14-19(20-6-5-9-27-20)25-7-3-2-4-8-25/h5-6,9-12,19,24H,2-4,7-8,13-14H2,1H3/t19-/m0/s1. The highest BCUT2D eigenvalue weighted by Crippen LogP contribution is 2.27. The van der Waals surface area contributed by atoms with Gasteiger partial charge in [0.1, 0.15) is 11.3 Å². The van der Waals surface area contributed by atoms with Gasteiger partial charge < -0.3 is 14.2 Å². The number of likely N-dealkylation sites (tertiary alicyclic amines) is 1. The summed E-state index contributed by atoms with van der Waals surface area (Å²) in [7, 11) is 0. The van der Waals surface area contributed by atoms with Crippen molar-refractivity contribution in [2.75, 3.05) is 19.6 Å². The van der Waals surface area contributed by atoms with Gasteiger partial charge in [-0.1, -0.05) is 18.0 Å². The summed E-state index contributed by atoms with van der Waals surface area (Å²) in [6.07, 6.45) is 5.46. The minimum absolute atomic E-state index is 0.188. The highest BCUT2D eigenvalue weighted by atomic mass is 35.5. The number of nitrogens with one attached hydrogen (secondary N) is 1. The third kappa shape index (κ3) is 4.17.